The average molecular weight is 1050 g/mol. The Morgan fingerprint density at radius 2 is 0.218 bits per heavy atom. The molecule has 0 heterocycles. The van der Waals surface area contributed by atoms with Crippen molar-refractivity contribution in [3.8, 4) is 55.6 Å². The lowest BCUT2D eigenvalue weighted by molar-refractivity contribution is 0.948. The van der Waals surface area contributed by atoms with Crippen molar-refractivity contribution in [1.82, 2.24) is 0 Å². The molecule has 0 atom stereocenters. The molecule has 0 unspecified atom stereocenters. The van der Waals surface area contributed by atoms with Crippen LogP contribution in [-0.4, -0.2) is 0 Å². The van der Waals surface area contributed by atoms with Gasteiger partial charge in [-0.1, -0.05) is 111 Å². The molecule has 0 bridgehead atoms. The number of hydrogen-bond donors (Lipinski definition) is 0. The molecule has 78 heavy (non-hydrogen) atoms. The summed E-state index contributed by atoms with van der Waals surface area (Å²) in [4.78, 5) is 0. The Balaban J connectivity index is 1.77. The molecule has 0 nitrogen and oxygen atoms in total. The second-order valence-electron chi connectivity index (χ2n) is 23.3. The number of rotatable bonds is 21. The fraction of sp³-hybridized carbons (Fsp3) is 0.538. The molecule has 0 spiro atoms. The maximum Gasteiger partial charge on any atom is -0.0109 e. The van der Waals surface area contributed by atoms with Crippen molar-refractivity contribution in [2.75, 3.05) is 0 Å². The van der Waals surface area contributed by atoms with Crippen molar-refractivity contribution < 1.29 is 0 Å². The standard InChI is InChI=1S/C78H110/c1-27-53-43(17)54(28-2)66(40-14)77(65(53)39-13)71-45(19)57(31-5)73(58(32-6)46(71)20)69-49(23)61(35-9)75(62(36-10)50(69)24)76-63(37-11)51(25)70(52(26)64(76)38-12)74-59(33-7)47(21)72(48(22)60(74)34-8)78-67(41-15)55(29-3)44(18)56(30-4)68(78)42-16/h27-42H2,1-26H3. The summed E-state index contributed by atoms with van der Waals surface area (Å²) < 4.78 is 0. The molecule has 0 aromatic heterocycles. The van der Waals surface area contributed by atoms with Crippen LogP contribution < -0.4 is 0 Å². The van der Waals surface area contributed by atoms with Gasteiger partial charge in [-0.05, 0) is 372 Å². The average Bonchev–Trinajstić information content (AvgIpc) is 3.58. The van der Waals surface area contributed by atoms with E-state index >= 15 is 0 Å². The molecule has 0 fully saturated rings. The molecular weight excluding hydrogens is 937 g/mol. The quantitative estimate of drug-likeness (QED) is 0.0674. The van der Waals surface area contributed by atoms with Crippen molar-refractivity contribution in [1.29, 1.82) is 0 Å². The SMILES string of the molecule is CCc1c(C)c(CC)c(CC)c(-c2c(C)c(CC)c(-c3c(C)c(CC)c(-c4c(CC)c(C)c(-c5c(CC)c(C)c(-c6c(CC)c(CC)c(C)c(CC)c6CC)c(C)c5CC)c(C)c4CC)c(CC)c3C)c(CC)c2C)c1CC. The van der Waals surface area contributed by atoms with E-state index in [1.165, 1.54) is 66.8 Å². The highest BCUT2D eigenvalue weighted by Crippen LogP contribution is 2.53. The third-order valence-corrected chi connectivity index (χ3v) is 20.4. The molecule has 0 N–H and O–H groups in total. The monoisotopic (exact) mass is 1050 g/mol. The van der Waals surface area contributed by atoms with Crippen molar-refractivity contribution in [2.45, 2.75) is 283 Å². The van der Waals surface area contributed by atoms with E-state index in [1.807, 2.05) is 0 Å². The normalized spacial score (nSPS) is 11.8. The zero-order chi connectivity index (χ0) is 58.1. The number of hydrogen-bond acceptors (Lipinski definition) is 0. The molecule has 0 aliphatic heterocycles. The highest BCUT2D eigenvalue weighted by Gasteiger charge is 2.33. The summed E-state index contributed by atoms with van der Waals surface area (Å²) in [6.45, 7) is 63.6. The van der Waals surface area contributed by atoms with Gasteiger partial charge in [-0.3, -0.25) is 0 Å². The Labute approximate surface area is 480 Å². The fourth-order valence-corrected chi connectivity index (χ4v) is 17.1. The smallest absolute Gasteiger partial charge is 0.0109 e. The van der Waals surface area contributed by atoms with Gasteiger partial charge >= 0.3 is 0 Å². The van der Waals surface area contributed by atoms with E-state index < -0.39 is 0 Å². The van der Waals surface area contributed by atoms with Crippen LogP contribution in [0.3, 0.4) is 0 Å². The number of benzene rings is 6. The molecule has 0 heteroatoms. The van der Waals surface area contributed by atoms with E-state index in [0.717, 1.165) is 103 Å². The van der Waals surface area contributed by atoms with Crippen LogP contribution in [0.1, 0.15) is 255 Å². The molecule has 0 amide bonds. The van der Waals surface area contributed by atoms with Gasteiger partial charge in [-0.15, -0.1) is 0 Å². The lowest BCUT2D eigenvalue weighted by Gasteiger charge is -2.33. The Kier molecular flexibility index (Phi) is 20.7. The first-order valence-corrected chi connectivity index (χ1v) is 32.2. The van der Waals surface area contributed by atoms with Crippen LogP contribution in [-0.2, 0) is 103 Å². The summed E-state index contributed by atoms with van der Waals surface area (Å²) in [5, 5.41) is 0. The van der Waals surface area contributed by atoms with E-state index in [9.17, 15) is 0 Å². The first-order chi connectivity index (χ1) is 37.3. The lowest BCUT2D eigenvalue weighted by atomic mass is 9.71. The second kappa shape index (κ2) is 25.8. The van der Waals surface area contributed by atoms with Gasteiger partial charge in [0.1, 0.15) is 0 Å². The van der Waals surface area contributed by atoms with E-state index in [4.69, 9.17) is 0 Å². The maximum atomic E-state index is 2.52. The van der Waals surface area contributed by atoms with Gasteiger partial charge in [0.15, 0.2) is 0 Å². The minimum Gasteiger partial charge on any atom is -0.0613 e. The largest absolute Gasteiger partial charge is 0.0613 e. The van der Waals surface area contributed by atoms with Gasteiger partial charge < -0.3 is 0 Å². The molecule has 6 aromatic rings. The predicted molar refractivity (Wildman–Crippen MR) is 351 cm³/mol. The Morgan fingerprint density at radius 3 is 0.333 bits per heavy atom. The third-order valence-electron chi connectivity index (χ3n) is 20.4. The van der Waals surface area contributed by atoms with Crippen LogP contribution in [0.25, 0.3) is 55.6 Å². The van der Waals surface area contributed by atoms with Crippen LogP contribution in [0, 0.1) is 69.2 Å². The Morgan fingerprint density at radius 1 is 0.115 bits per heavy atom. The fourth-order valence-electron chi connectivity index (χ4n) is 17.1. The summed E-state index contributed by atoms with van der Waals surface area (Å²) in [5.74, 6) is 0. The van der Waals surface area contributed by atoms with Gasteiger partial charge in [-0.2, -0.15) is 0 Å². The minimum absolute atomic E-state index is 1.01. The van der Waals surface area contributed by atoms with Crippen LogP contribution >= 0.6 is 0 Å². The maximum absolute atomic E-state index is 2.52. The molecule has 6 aromatic carbocycles. The van der Waals surface area contributed by atoms with E-state index in [0.29, 0.717) is 0 Å². The van der Waals surface area contributed by atoms with Gasteiger partial charge in [0.2, 0.25) is 0 Å². The van der Waals surface area contributed by atoms with E-state index in [1.54, 1.807) is 134 Å². The van der Waals surface area contributed by atoms with Crippen molar-refractivity contribution >= 4 is 0 Å². The first kappa shape index (κ1) is 62.5. The topological polar surface area (TPSA) is 0 Å². The Bertz CT molecular complexity index is 2850. The van der Waals surface area contributed by atoms with Gasteiger partial charge in [0.05, 0.1) is 0 Å². The molecule has 422 valence electrons. The van der Waals surface area contributed by atoms with Crippen LogP contribution in [0.15, 0.2) is 0 Å². The summed E-state index contributed by atoms with van der Waals surface area (Å²) in [5.41, 5.74) is 55.7. The highest BCUT2D eigenvalue weighted by molar-refractivity contribution is 5.95. The van der Waals surface area contributed by atoms with Crippen molar-refractivity contribution in [3.63, 3.8) is 0 Å². The summed E-state index contributed by atoms with van der Waals surface area (Å²) >= 11 is 0. The predicted octanol–water partition coefficient (Wildman–Crippen LogP) is 22.1. The van der Waals surface area contributed by atoms with Crippen molar-refractivity contribution in [2.24, 2.45) is 0 Å². The highest BCUT2D eigenvalue weighted by atomic mass is 14.4. The van der Waals surface area contributed by atoms with Crippen LogP contribution in [0.5, 0.6) is 0 Å². The molecule has 6 rings (SSSR count). The molecular formula is C78H110. The molecule has 0 aliphatic rings. The minimum atomic E-state index is 1.01. The zero-order valence-corrected chi connectivity index (χ0v) is 55.3. The summed E-state index contributed by atoms with van der Waals surface area (Å²) in [7, 11) is 0. The summed E-state index contributed by atoms with van der Waals surface area (Å²) in [6, 6.07) is 0. The molecule has 0 radical (unpaired) electrons. The third kappa shape index (κ3) is 9.63. The van der Waals surface area contributed by atoms with Crippen LogP contribution in [0.4, 0.5) is 0 Å². The van der Waals surface area contributed by atoms with E-state index in [-0.39, 0.29) is 0 Å². The van der Waals surface area contributed by atoms with E-state index in [2.05, 4.69) is 180 Å². The van der Waals surface area contributed by atoms with Gasteiger partial charge in [0.25, 0.3) is 0 Å². The Hall–Kier alpha value is -4.68. The van der Waals surface area contributed by atoms with Crippen LogP contribution in [0.2, 0.25) is 0 Å². The molecule has 0 saturated heterocycles. The molecule has 0 saturated carbocycles. The van der Waals surface area contributed by atoms with Crippen molar-refractivity contribution in [3.05, 3.63) is 145 Å². The lowest BCUT2D eigenvalue weighted by Crippen LogP contribution is -2.14. The molecule has 0 aliphatic carbocycles. The van der Waals surface area contributed by atoms with Gasteiger partial charge in [-0.25, -0.2) is 0 Å². The zero-order valence-electron chi connectivity index (χ0n) is 55.3. The first-order valence-electron chi connectivity index (χ1n) is 32.2. The second-order valence-corrected chi connectivity index (χ2v) is 23.3. The summed E-state index contributed by atoms with van der Waals surface area (Å²) in [6.07, 6.45) is 16.7. The van der Waals surface area contributed by atoms with Gasteiger partial charge in [0, 0.05) is 0 Å².